The largest absolute Gasteiger partial charge is 0.463 e. The SMILES string of the molecule is Clc1cc(Cl)nc(NN=Cc2ccco2)c1. The molecule has 0 amide bonds. The van der Waals surface area contributed by atoms with E-state index >= 15 is 0 Å². The molecule has 0 bridgehead atoms. The Balaban J connectivity index is 2.04. The van der Waals surface area contributed by atoms with Crippen LogP contribution in [0.5, 0.6) is 0 Å². The summed E-state index contributed by atoms with van der Waals surface area (Å²) < 4.78 is 5.06. The van der Waals surface area contributed by atoms with Crippen LogP contribution in [-0.2, 0) is 0 Å². The lowest BCUT2D eigenvalue weighted by Crippen LogP contribution is -1.93. The van der Waals surface area contributed by atoms with E-state index in [1.54, 1.807) is 30.5 Å². The number of hydrogen-bond acceptors (Lipinski definition) is 4. The quantitative estimate of drug-likeness (QED) is 0.520. The normalized spacial score (nSPS) is 10.9. The third-order valence-corrected chi connectivity index (χ3v) is 2.08. The fourth-order valence-electron chi connectivity index (χ4n) is 1.05. The first-order valence-electron chi connectivity index (χ1n) is 4.40. The molecule has 0 radical (unpaired) electrons. The van der Waals surface area contributed by atoms with Crippen molar-refractivity contribution in [3.63, 3.8) is 0 Å². The average Bonchev–Trinajstić information content (AvgIpc) is 2.69. The van der Waals surface area contributed by atoms with Gasteiger partial charge in [-0.3, -0.25) is 5.43 Å². The third kappa shape index (κ3) is 2.98. The molecule has 2 heterocycles. The standard InChI is InChI=1S/C10H7Cl2N3O/c11-7-4-9(12)14-10(5-7)15-13-6-8-2-1-3-16-8/h1-6H,(H,14,15). The van der Waals surface area contributed by atoms with Gasteiger partial charge >= 0.3 is 0 Å². The van der Waals surface area contributed by atoms with Crippen molar-refractivity contribution in [2.45, 2.75) is 0 Å². The molecule has 2 aromatic heterocycles. The van der Waals surface area contributed by atoms with Crippen molar-refractivity contribution in [1.29, 1.82) is 0 Å². The highest BCUT2D eigenvalue weighted by molar-refractivity contribution is 6.34. The zero-order valence-electron chi connectivity index (χ0n) is 8.02. The molecule has 2 rings (SSSR count). The number of hydrogen-bond donors (Lipinski definition) is 1. The number of nitrogens with one attached hydrogen (secondary N) is 1. The van der Waals surface area contributed by atoms with Crippen LogP contribution in [0.4, 0.5) is 5.82 Å². The van der Waals surface area contributed by atoms with Crippen LogP contribution in [0.1, 0.15) is 5.76 Å². The topological polar surface area (TPSA) is 50.4 Å². The molecular formula is C10H7Cl2N3O. The van der Waals surface area contributed by atoms with Gasteiger partial charge in [0, 0.05) is 11.1 Å². The first kappa shape index (κ1) is 11.0. The van der Waals surface area contributed by atoms with Gasteiger partial charge in [-0.15, -0.1) is 0 Å². The predicted octanol–water partition coefficient (Wildman–Crippen LogP) is 3.43. The minimum Gasteiger partial charge on any atom is -0.463 e. The number of nitrogens with zero attached hydrogens (tertiary/aromatic N) is 2. The molecule has 0 spiro atoms. The molecule has 0 unspecified atom stereocenters. The minimum atomic E-state index is 0.309. The molecule has 0 aromatic carbocycles. The third-order valence-electron chi connectivity index (χ3n) is 1.67. The number of anilines is 1. The maximum absolute atomic E-state index is 5.79. The van der Waals surface area contributed by atoms with E-state index in [-0.39, 0.29) is 0 Å². The number of pyridine rings is 1. The second-order valence-electron chi connectivity index (χ2n) is 2.88. The summed E-state index contributed by atoms with van der Waals surface area (Å²) >= 11 is 11.5. The average molecular weight is 256 g/mol. The summed E-state index contributed by atoms with van der Waals surface area (Å²) in [6.07, 6.45) is 3.09. The first-order valence-corrected chi connectivity index (χ1v) is 5.15. The van der Waals surface area contributed by atoms with E-state index in [9.17, 15) is 0 Å². The van der Waals surface area contributed by atoms with E-state index in [1.165, 1.54) is 6.21 Å². The van der Waals surface area contributed by atoms with E-state index in [2.05, 4.69) is 15.5 Å². The molecular weight excluding hydrogens is 249 g/mol. The molecule has 1 N–H and O–H groups in total. The van der Waals surface area contributed by atoms with Crippen LogP contribution in [0, 0.1) is 0 Å². The molecule has 82 valence electrons. The van der Waals surface area contributed by atoms with Gasteiger partial charge in [0.15, 0.2) is 0 Å². The lowest BCUT2D eigenvalue weighted by atomic mass is 10.5. The highest BCUT2D eigenvalue weighted by atomic mass is 35.5. The van der Waals surface area contributed by atoms with Crippen LogP contribution >= 0.6 is 23.2 Å². The Morgan fingerprint density at radius 2 is 2.25 bits per heavy atom. The molecule has 0 aliphatic carbocycles. The second kappa shape index (κ2) is 5.01. The highest BCUT2D eigenvalue weighted by Crippen LogP contribution is 2.18. The molecule has 0 aliphatic rings. The second-order valence-corrected chi connectivity index (χ2v) is 3.70. The molecule has 4 nitrogen and oxygen atoms in total. The molecule has 0 atom stereocenters. The Labute approximate surface area is 102 Å². The Kier molecular flexibility index (Phi) is 3.44. The fourth-order valence-corrected chi connectivity index (χ4v) is 1.52. The number of aromatic nitrogens is 1. The summed E-state index contributed by atoms with van der Waals surface area (Å²) in [5.41, 5.74) is 2.69. The van der Waals surface area contributed by atoms with Crippen LogP contribution < -0.4 is 5.43 Å². The predicted molar refractivity (Wildman–Crippen MR) is 64.2 cm³/mol. The highest BCUT2D eigenvalue weighted by Gasteiger charge is 1.97. The van der Waals surface area contributed by atoms with Gasteiger partial charge in [-0.2, -0.15) is 5.10 Å². The van der Waals surface area contributed by atoms with Crippen molar-refractivity contribution in [1.82, 2.24) is 4.98 Å². The fraction of sp³-hybridized carbons (Fsp3) is 0. The maximum atomic E-state index is 5.79. The van der Waals surface area contributed by atoms with Crippen molar-refractivity contribution in [3.8, 4) is 0 Å². The van der Waals surface area contributed by atoms with Crippen molar-refractivity contribution < 1.29 is 4.42 Å². The Morgan fingerprint density at radius 1 is 1.38 bits per heavy atom. The number of rotatable bonds is 3. The van der Waals surface area contributed by atoms with Gasteiger partial charge in [0.05, 0.1) is 12.5 Å². The van der Waals surface area contributed by atoms with E-state index in [1.807, 2.05) is 0 Å². The zero-order valence-corrected chi connectivity index (χ0v) is 9.53. The maximum Gasteiger partial charge on any atom is 0.149 e. The van der Waals surface area contributed by atoms with Gasteiger partial charge in [-0.05, 0) is 18.2 Å². The number of halogens is 2. The van der Waals surface area contributed by atoms with E-state index in [4.69, 9.17) is 27.6 Å². The Hall–Kier alpha value is -1.52. The number of furan rings is 1. The van der Waals surface area contributed by atoms with Crippen molar-refractivity contribution >= 4 is 35.2 Å². The molecule has 2 aromatic rings. The van der Waals surface area contributed by atoms with E-state index < -0.39 is 0 Å². The molecule has 0 saturated heterocycles. The van der Waals surface area contributed by atoms with Crippen LogP contribution in [0.2, 0.25) is 10.2 Å². The molecule has 0 fully saturated rings. The van der Waals surface area contributed by atoms with Gasteiger partial charge in [0.1, 0.15) is 16.7 Å². The molecule has 0 saturated carbocycles. The summed E-state index contributed by atoms with van der Waals surface area (Å²) in [7, 11) is 0. The van der Waals surface area contributed by atoms with E-state index in [0.29, 0.717) is 21.8 Å². The summed E-state index contributed by atoms with van der Waals surface area (Å²) in [6, 6.07) is 6.72. The lowest BCUT2D eigenvalue weighted by Gasteiger charge is -1.99. The summed E-state index contributed by atoms with van der Waals surface area (Å²) in [4.78, 5) is 3.98. The first-order chi connectivity index (χ1) is 7.74. The van der Waals surface area contributed by atoms with Crippen LogP contribution in [-0.4, -0.2) is 11.2 Å². The summed E-state index contributed by atoms with van der Waals surface area (Å²) in [6.45, 7) is 0. The summed E-state index contributed by atoms with van der Waals surface area (Å²) in [5.74, 6) is 1.11. The minimum absolute atomic E-state index is 0.309. The Morgan fingerprint density at radius 3 is 2.94 bits per heavy atom. The van der Waals surface area contributed by atoms with Crippen molar-refractivity contribution in [3.05, 3.63) is 46.5 Å². The van der Waals surface area contributed by atoms with Crippen LogP contribution in [0.15, 0.2) is 40.0 Å². The van der Waals surface area contributed by atoms with E-state index in [0.717, 1.165) is 0 Å². The van der Waals surface area contributed by atoms with Crippen LogP contribution in [0.3, 0.4) is 0 Å². The smallest absolute Gasteiger partial charge is 0.149 e. The molecule has 16 heavy (non-hydrogen) atoms. The zero-order chi connectivity index (χ0) is 11.4. The lowest BCUT2D eigenvalue weighted by molar-refractivity contribution is 0.560. The Bertz CT molecular complexity index is 477. The van der Waals surface area contributed by atoms with Crippen molar-refractivity contribution in [2.75, 3.05) is 5.43 Å². The van der Waals surface area contributed by atoms with Gasteiger partial charge in [-0.25, -0.2) is 4.98 Å². The summed E-state index contributed by atoms with van der Waals surface area (Å²) in [5, 5.41) is 4.72. The van der Waals surface area contributed by atoms with Gasteiger partial charge in [0.2, 0.25) is 0 Å². The monoisotopic (exact) mass is 255 g/mol. The van der Waals surface area contributed by atoms with Crippen molar-refractivity contribution in [2.24, 2.45) is 5.10 Å². The van der Waals surface area contributed by atoms with Crippen LogP contribution in [0.25, 0.3) is 0 Å². The van der Waals surface area contributed by atoms with Gasteiger partial charge in [0.25, 0.3) is 0 Å². The molecule has 0 aliphatic heterocycles. The number of hydrazone groups is 1. The molecule has 6 heteroatoms. The van der Waals surface area contributed by atoms with Gasteiger partial charge < -0.3 is 4.42 Å². The van der Waals surface area contributed by atoms with Gasteiger partial charge in [-0.1, -0.05) is 23.2 Å².